The summed E-state index contributed by atoms with van der Waals surface area (Å²) in [5, 5.41) is 3.62. The smallest absolute Gasteiger partial charge is 0.149 e. The molecular weight excluding hydrogens is 259 g/mol. The standard InChI is InChI=1S/C16H25BN4/c17-13-15(18-12-7-8-12)19-14(11-5-6-11)20-16(13)21-9-3-1-2-4-10-21/h11-12H,1-10,17H2,(H,18,19,20). The van der Waals surface area contributed by atoms with Gasteiger partial charge in [0, 0.05) is 25.0 Å². The summed E-state index contributed by atoms with van der Waals surface area (Å²) in [5.74, 6) is 4.02. The molecule has 1 aromatic rings. The molecule has 0 aromatic carbocycles. The van der Waals surface area contributed by atoms with Crippen molar-refractivity contribution in [2.24, 2.45) is 0 Å². The van der Waals surface area contributed by atoms with Crippen LogP contribution in [0.1, 0.15) is 63.1 Å². The third-order valence-electron chi connectivity index (χ3n) is 4.90. The molecule has 1 aliphatic heterocycles. The van der Waals surface area contributed by atoms with Gasteiger partial charge in [0.2, 0.25) is 0 Å². The second-order valence-electron chi connectivity index (χ2n) is 6.97. The van der Waals surface area contributed by atoms with E-state index in [1.165, 1.54) is 62.6 Å². The van der Waals surface area contributed by atoms with Crippen LogP contribution in [0, 0.1) is 0 Å². The van der Waals surface area contributed by atoms with Gasteiger partial charge in [0.05, 0.1) is 0 Å². The first kappa shape index (κ1) is 13.4. The van der Waals surface area contributed by atoms with Crippen LogP contribution in [0.25, 0.3) is 0 Å². The van der Waals surface area contributed by atoms with Crippen molar-refractivity contribution in [3.63, 3.8) is 0 Å². The van der Waals surface area contributed by atoms with Crippen molar-refractivity contribution in [2.75, 3.05) is 23.3 Å². The molecule has 0 unspecified atom stereocenters. The third kappa shape index (κ3) is 3.02. The topological polar surface area (TPSA) is 41.1 Å². The molecule has 2 heterocycles. The van der Waals surface area contributed by atoms with E-state index in [9.17, 15) is 0 Å². The van der Waals surface area contributed by atoms with Crippen LogP contribution in [0.4, 0.5) is 11.6 Å². The number of hydrogen-bond donors (Lipinski definition) is 1. The van der Waals surface area contributed by atoms with Crippen molar-refractivity contribution < 1.29 is 0 Å². The quantitative estimate of drug-likeness (QED) is 0.852. The highest BCUT2D eigenvalue weighted by Gasteiger charge is 2.30. The van der Waals surface area contributed by atoms with Crippen molar-refractivity contribution in [1.29, 1.82) is 0 Å². The van der Waals surface area contributed by atoms with Gasteiger partial charge >= 0.3 is 0 Å². The Hall–Kier alpha value is -1.26. The molecule has 2 aliphatic carbocycles. The summed E-state index contributed by atoms with van der Waals surface area (Å²) in [4.78, 5) is 12.3. The van der Waals surface area contributed by atoms with E-state index >= 15 is 0 Å². The van der Waals surface area contributed by atoms with E-state index < -0.39 is 0 Å². The number of nitrogens with one attached hydrogen (secondary N) is 1. The Bertz CT molecular complexity index is 517. The van der Waals surface area contributed by atoms with Gasteiger partial charge in [-0.2, -0.15) is 0 Å². The van der Waals surface area contributed by atoms with E-state index in [4.69, 9.17) is 9.97 Å². The Balaban J connectivity index is 1.67. The second-order valence-corrected chi connectivity index (χ2v) is 6.97. The SMILES string of the molecule is Bc1c(NC2CC2)nc(C2CC2)nc1N1CCCCCC1. The predicted octanol–water partition coefficient (Wildman–Crippen LogP) is 1.57. The molecule has 2 saturated carbocycles. The Kier molecular flexibility index (Phi) is 3.52. The minimum atomic E-state index is 0.621. The van der Waals surface area contributed by atoms with Crippen LogP contribution in [0.3, 0.4) is 0 Å². The summed E-state index contributed by atoms with van der Waals surface area (Å²) in [6.45, 7) is 2.32. The molecule has 21 heavy (non-hydrogen) atoms. The maximum atomic E-state index is 4.96. The average Bonchev–Trinajstić information content (AvgIpc) is 3.35. The Morgan fingerprint density at radius 1 is 0.952 bits per heavy atom. The molecule has 3 fully saturated rings. The van der Waals surface area contributed by atoms with Crippen LogP contribution in [-0.4, -0.2) is 36.9 Å². The van der Waals surface area contributed by atoms with Gasteiger partial charge < -0.3 is 10.2 Å². The number of nitrogens with zero attached hydrogens (tertiary/aromatic N) is 3. The Morgan fingerprint density at radius 3 is 2.29 bits per heavy atom. The molecular formula is C16H25BN4. The van der Waals surface area contributed by atoms with Crippen LogP contribution in [-0.2, 0) is 0 Å². The maximum absolute atomic E-state index is 4.96. The largest absolute Gasteiger partial charge is 0.368 e. The van der Waals surface area contributed by atoms with E-state index in [0.717, 1.165) is 24.7 Å². The number of rotatable bonds is 4. The summed E-state index contributed by atoms with van der Waals surface area (Å²) in [6.07, 6.45) is 10.5. The van der Waals surface area contributed by atoms with Gasteiger partial charge in [-0.25, -0.2) is 9.97 Å². The average molecular weight is 284 g/mol. The minimum Gasteiger partial charge on any atom is -0.368 e. The molecule has 112 valence electrons. The van der Waals surface area contributed by atoms with E-state index in [0.29, 0.717) is 12.0 Å². The Morgan fingerprint density at radius 2 is 1.67 bits per heavy atom. The van der Waals surface area contributed by atoms with Crippen molar-refractivity contribution in [3.05, 3.63) is 5.82 Å². The summed E-state index contributed by atoms with van der Waals surface area (Å²) in [6, 6.07) is 0.655. The number of hydrogen-bond acceptors (Lipinski definition) is 4. The fraction of sp³-hybridized carbons (Fsp3) is 0.750. The first-order valence-corrected chi connectivity index (χ1v) is 8.71. The fourth-order valence-electron chi connectivity index (χ4n) is 3.20. The van der Waals surface area contributed by atoms with Crippen molar-refractivity contribution >= 4 is 24.9 Å². The molecule has 1 aromatic heterocycles. The van der Waals surface area contributed by atoms with Crippen LogP contribution < -0.4 is 15.7 Å². The number of aromatic nitrogens is 2. The summed E-state index contributed by atoms with van der Waals surface area (Å²) >= 11 is 0. The van der Waals surface area contributed by atoms with E-state index in [-0.39, 0.29) is 0 Å². The van der Waals surface area contributed by atoms with Crippen LogP contribution in [0.5, 0.6) is 0 Å². The molecule has 0 atom stereocenters. The zero-order valence-electron chi connectivity index (χ0n) is 13.1. The molecule has 0 bridgehead atoms. The first-order valence-electron chi connectivity index (χ1n) is 8.71. The van der Waals surface area contributed by atoms with E-state index in [1.807, 2.05) is 0 Å². The summed E-state index contributed by atoms with van der Waals surface area (Å²) < 4.78 is 0. The van der Waals surface area contributed by atoms with Crippen LogP contribution >= 0.6 is 0 Å². The van der Waals surface area contributed by atoms with Gasteiger partial charge in [0.25, 0.3) is 0 Å². The molecule has 1 N–H and O–H groups in total. The zero-order chi connectivity index (χ0) is 14.2. The molecule has 4 nitrogen and oxygen atoms in total. The fourth-order valence-corrected chi connectivity index (χ4v) is 3.20. The zero-order valence-corrected chi connectivity index (χ0v) is 13.1. The summed E-state index contributed by atoms with van der Waals surface area (Å²) in [7, 11) is 2.20. The summed E-state index contributed by atoms with van der Waals surface area (Å²) in [5.41, 5.74) is 1.26. The van der Waals surface area contributed by atoms with Crippen LogP contribution in [0.2, 0.25) is 0 Å². The van der Waals surface area contributed by atoms with Gasteiger partial charge in [-0.15, -0.1) is 0 Å². The molecule has 5 heteroatoms. The third-order valence-corrected chi connectivity index (χ3v) is 4.90. The van der Waals surface area contributed by atoms with Crippen LogP contribution in [0.15, 0.2) is 0 Å². The Labute approximate surface area is 128 Å². The minimum absolute atomic E-state index is 0.621. The molecule has 4 rings (SSSR count). The maximum Gasteiger partial charge on any atom is 0.149 e. The lowest BCUT2D eigenvalue weighted by atomic mass is 9.96. The highest BCUT2D eigenvalue weighted by atomic mass is 15.2. The molecule has 0 spiro atoms. The van der Waals surface area contributed by atoms with Crippen molar-refractivity contribution in [1.82, 2.24) is 9.97 Å². The molecule has 0 radical (unpaired) electrons. The normalized spacial score (nSPS) is 23.0. The molecule has 3 aliphatic rings. The lowest BCUT2D eigenvalue weighted by Crippen LogP contribution is -2.33. The molecule has 1 saturated heterocycles. The van der Waals surface area contributed by atoms with Gasteiger partial charge in [0.1, 0.15) is 25.3 Å². The van der Waals surface area contributed by atoms with Gasteiger partial charge in [-0.1, -0.05) is 12.8 Å². The molecule has 0 amide bonds. The second kappa shape index (κ2) is 5.50. The van der Waals surface area contributed by atoms with Crippen molar-refractivity contribution in [3.8, 4) is 0 Å². The van der Waals surface area contributed by atoms with E-state index in [1.54, 1.807) is 0 Å². The van der Waals surface area contributed by atoms with Crippen molar-refractivity contribution in [2.45, 2.75) is 63.3 Å². The monoisotopic (exact) mass is 284 g/mol. The lowest BCUT2D eigenvalue weighted by molar-refractivity contribution is 0.726. The lowest BCUT2D eigenvalue weighted by Gasteiger charge is -2.25. The van der Waals surface area contributed by atoms with Gasteiger partial charge in [0.15, 0.2) is 0 Å². The highest BCUT2D eigenvalue weighted by molar-refractivity contribution is 6.38. The number of anilines is 2. The van der Waals surface area contributed by atoms with Gasteiger partial charge in [-0.05, 0) is 44.0 Å². The first-order chi connectivity index (χ1) is 10.3. The van der Waals surface area contributed by atoms with E-state index in [2.05, 4.69) is 18.1 Å². The van der Waals surface area contributed by atoms with Gasteiger partial charge in [-0.3, -0.25) is 0 Å². The highest BCUT2D eigenvalue weighted by Crippen LogP contribution is 2.39. The predicted molar refractivity (Wildman–Crippen MR) is 89.5 cm³/mol.